The van der Waals surface area contributed by atoms with Crippen LogP contribution in [-0.4, -0.2) is 23.0 Å². The largest absolute Gasteiger partial charge is 0.419 e. The molecule has 1 aromatic heterocycles. The fraction of sp³-hybridized carbons (Fsp3) is 0.545. The van der Waals surface area contributed by atoms with Crippen LogP contribution in [-0.2, 0) is 6.18 Å². The summed E-state index contributed by atoms with van der Waals surface area (Å²) in [6.45, 7) is 2.51. The lowest BCUT2D eigenvalue weighted by Crippen LogP contribution is -2.15. The van der Waals surface area contributed by atoms with Gasteiger partial charge in [0.25, 0.3) is 0 Å². The number of halogens is 4. The van der Waals surface area contributed by atoms with Gasteiger partial charge in [0, 0.05) is 22.5 Å². The van der Waals surface area contributed by atoms with Gasteiger partial charge in [0.1, 0.15) is 5.82 Å². The Morgan fingerprint density at radius 2 is 2.17 bits per heavy atom. The molecular weight excluding hydrogens is 329 g/mol. The molecule has 0 aliphatic heterocycles. The third-order valence-corrected chi connectivity index (χ3v) is 3.88. The van der Waals surface area contributed by atoms with Crippen molar-refractivity contribution in [2.45, 2.75) is 24.8 Å². The zero-order chi connectivity index (χ0) is 13.8. The molecule has 1 heterocycles. The van der Waals surface area contributed by atoms with Crippen molar-refractivity contribution in [3.8, 4) is 0 Å². The highest BCUT2D eigenvalue weighted by molar-refractivity contribution is 9.10. The topological polar surface area (TPSA) is 24.9 Å². The number of alkyl halides is 3. The van der Waals surface area contributed by atoms with Crippen LogP contribution in [0.3, 0.4) is 0 Å². The van der Waals surface area contributed by atoms with E-state index >= 15 is 0 Å². The molecule has 1 atom stereocenters. The average molecular weight is 343 g/mol. The molecule has 1 aromatic rings. The number of anilines is 1. The van der Waals surface area contributed by atoms with Crippen molar-refractivity contribution in [1.82, 2.24) is 4.98 Å². The van der Waals surface area contributed by atoms with Gasteiger partial charge in [-0.1, -0.05) is 6.92 Å². The van der Waals surface area contributed by atoms with Gasteiger partial charge in [-0.05, 0) is 34.7 Å². The van der Waals surface area contributed by atoms with E-state index in [0.29, 0.717) is 16.3 Å². The lowest BCUT2D eigenvalue weighted by Gasteiger charge is -2.15. The van der Waals surface area contributed by atoms with Crippen LogP contribution >= 0.6 is 27.7 Å². The highest BCUT2D eigenvalue weighted by Crippen LogP contribution is 2.35. The molecule has 2 nitrogen and oxygen atoms in total. The van der Waals surface area contributed by atoms with Crippen LogP contribution < -0.4 is 5.32 Å². The minimum Gasteiger partial charge on any atom is -0.370 e. The van der Waals surface area contributed by atoms with Crippen molar-refractivity contribution >= 4 is 33.5 Å². The molecule has 0 spiro atoms. The standard InChI is InChI=1S/C11H14BrF3N2S/c1-7(18-2)3-4-16-10-9(11(13,14)15)5-8(12)6-17-10/h5-7H,3-4H2,1-2H3,(H,16,17). The van der Waals surface area contributed by atoms with Crippen LogP contribution in [0, 0.1) is 0 Å². The lowest BCUT2D eigenvalue weighted by molar-refractivity contribution is -0.137. The van der Waals surface area contributed by atoms with E-state index in [9.17, 15) is 13.2 Å². The molecule has 0 fully saturated rings. The second-order valence-electron chi connectivity index (χ2n) is 3.81. The number of hydrogen-bond donors (Lipinski definition) is 1. The van der Waals surface area contributed by atoms with Crippen LogP contribution in [0.4, 0.5) is 19.0 Å². The number of thioether (sulfide) groups is 1. The molecule has 0 aliphatic carbocycles. The first-order valence-electron chi connectivity index (χ1n) is 5.34. The molecule has 18 heavy (non-hydrogen) atoms. The first-order valence-corrected chi connectivity index (χ1v) is 7.42. The average Bonchev–Trinajstić information content (AvgIpc) is 2.29. The highest BCUT2D eigenvalue weighted by Gasteiger charge is 2.34. The fourth-order valence-corrected chi connectivity index (χ4v) is 1.99. The minimum atomic E-state index is -4.40. The van der Waals surface area contributed by atoms with Crippen LogP contribution in [0.5, 0.6) is 0 Å². The van der Waals surface area contributed by atoms with Gasteiger partial charge < -0.3 is 5.32 Å². The molecule has 0 amide bonds. The molecule has 102 valence electrons. The summed E-state index contributed by atoms with van der Waals surface area (Å²) in [5, 5.41) is 3.15. The Bertz CT molecular complexity index is 398. The summed E-state index contributed by atoms with van der Waals surface area (Å²) in [5.74, 6) is -0.112. The van der Waals surface area contributed by atoms with E-state index in [0.717, 1.165) is 12.5 Å². The maximum absolute atomic E-state index is 12.8. The van der Waals surface area contributed by atoms with Gasteiger partial charge >= 0.3 is 6.18 Å². The van der Waals surface area contributed by atoms with E-state index in [1.165, 1.54) is 6.20 Å². The van der Waals surface area contributed by atoms with Gasteiger partial charge in [0.05, 0.1) is 5.56 Å². The van der Waals surface area contributed by atoms with Gasteiger partial charge in [-0.3, -0.25) is 0 Å². The molecule has 1 unspecified atom stereocenters. The molecule has 0 saturated carbocycles. The maximum Gasteiger partial charge on any atom is 0.419 e. The summed E-state index contributed by atoms with van der Waals surface area (Å²) in [7, 11) is 0. The first kappa shape index (κ1) is 15.6. The number of pyridine rings is 1. The fourth-order valence-electron chi connectivity index (χ4n) is 1.31. The summed E-state index contributed by atoms with van der Waals surface area (Å²) in [4.78, 5) is 3.78. The highest BCUT2D eigenvalue weighted by atomic mass is 79.9. The smallest absolute Gasteiger partial charge is 0.370 e. The van der Waals surface area contributed by atoms with Gasteiger partial charge in [0.2, 0.25) is 0 Å². The Morgan fingerprint density at radius 1 is 1.50 bits per heavy atom. The van der Waals surface area contributed by atoms with Crippen LogP contribution in [0.25, 0.3) is 0 Å². The SMILES string of the molecule is CSC(C)CCNc1ncc(Br)cc1C(F)(F)F. The zero-order valence-electron chi connectivity index (χ0n) is 10.0. The molecular formula is C11H14BrF3N2S. The van der Waals surface area contributed by atoms with Crippen LogP contribution in [0.15, 0.2) is 16.7 Å². The number of nitrogens with zero attached hydrogens (tertiary/aromatic N) is 1. The Kier molecular flexibility index (Phi) is 5.78. The number of aromatic nitrogens is 1. The number of rotatable bonds is 5. The van der Waals surface area contributed by atoms with Gasteiger partial charge in [-0.25, -0.2) is 4.98 Å². The first-order chi connectivity index (χ1) is 8.34. The Labute approximate surface area is 117 Å². The molecule has 0 saturated heterocycles. The summed E-state index contributed by atoms with van der Waals surface area (Å²) in [5.41, 5.74) is -0.742. The van der Waals surface area contributed by atoms with E-state index in [4.69, 9.17) is 0 Å². The minimum absolute atomic E-state index is 0.112. The third-order valence-electron chi connectivity index (χ3n) is 2.41. The summed E-state index contributed by atoms with van der Waals surface area (Å²) >= 11 is 4.68. The van der Waals surface area contributed by atoms with E-state index in [1.54, 1.807) is 11.8 Å². The van der Waals surface area contributed by atoms with Gasteiger partial charge in [0.15, 0.2) is 0 Å². The van der Waals surface area contributed by atoms with Crippen molar-refractivity contribution in [1.29, 1.82) is 0 Å². The predicted octanol–water partition coefficient (Wildman–Crippen LogP) is 4.42. The molecule has 0 radical (unpaired) electrons. The summed E-state index contributed by atoms with van der Waals surface area (Å²) in [6, 6.07) is 1.04. The Hall–Kier alpha value is -0.430. The van der Waals surface area contributed by atoms with E-state index in [1.807, 2.05) is 13.2 Å². The lowest BCUT2D eigenvalue weighted by atomic mass is 10.2. The van der Waals surface area contributed by atoms with Crippen molar-refractivity contribution in [3.63, 3.8) is 0 Å². The van der Waals surface area contributed by atoms with Crippen molar-refractivity contribution in [2.75, 3.05) is 18.1 Å². The normalized spacial score (nSPS) is 13.4. The van der Waals surface area contributed by atoms with Gasteiger partial charge in [-0.15, -0.1) is 0 Å². The predicted molar refractivity (Wildman–Crippen MR) is 73.0 cm³/mol. The molecule has 7 heteroatoms. The molecule has 1 rings (SSSR count). The quantitative estimate of drug-likeness (QED) is 0.857. The van der Waals surface area contributed by atoms with E-state index in [2.05, 4.69) is 26.2 Å². The van der Waals surface area contributed by atoms with E-state index in [-0.39, 0.29) is 5.82 Å². The van der Waals surface area contributed by atoms with Gasteiger partial charge in [-0.2, -0.15) is 24.9 Å². The monoisotopic (exact) mass is 342 g/mol. The van der Waals surface area contributed by atoms with Crippen LogP contribution in [0.1, 0.15) is 18.9 Å². The zero-order valence-corrected chi connectivity index (χ0v) is 12.4. The third kappa shape index (κ3) is 4.68. The molecule has 0 aromatic carbocycles. The number of hydrogen-bond acceptors (Lipinski definition) is 3. The maximum atomic E-state index is 12.8. The van der Waals surface area contributed by atoms with Crippen molar-refractivity contribution in [2.24, 2.45) is 0 Å². The van der Waals surface area contributed by atoms with Crippen LogP contribution in [0.2, 0.25) is 0 Å². The summed E-state index contributed by atoms with van der Waals surface area (Å²) < 4.78 is 38.6. The summed E-state index contributed by atoms with van der Waals surface area (Å²) in [6.07, 6.45) is -0.278. The second-order valence-corrected chi connectivity index (χ2v) is 6.00. The van der Waals surface area contributed by atoms with Crippen molar-refractivity contribution in [3.05, 3.63) is 22.3 Å². The van der Waals surface area contributed by atoms with Crippen molar-refractivity contribution < 1.29 is 13.2 Å². The van der Waals surface area contributed by atoms with E-state index < -0.39 is 11.7 Å². The second kappa shape index (κ2) is 6.65. The molecule has 1 N–H and O–H groups in total. The Balaban J connectivity index is 2.76. The molecule has 0 bridgehead atoms. The Morgan fingerprint density at radius 3 is 2.72 bits per heavy atom. The number of nitrogens with one attached hydrogen (secondary N) is 1. The molecule has 0 aliphatic rings.